The van der Waals surface area contributed by atoms with Crippen molar-refractivity contribution >= 4 is 17.7 Å². The van der Waals surface area contributed by atoms with E-state index in [4.69, 9.17) is 4.74 Å². The van der Waals surface area contributed by atoms with Crippen LogP contribution in [0.15, 0.2) is 54.6 Å². The third-order valence-electron chi connectivity index (χ3n) is 3.51. The number of benzene rings is 2. The second-order valence-corrected chi connectivity index (χ2v) is 5.39. The van der Waals surface area contributed by atoms with Gasteiger partial charge >= 0.3 is 0 Å². The van der Waals surface area contributed by atoms with E-state index in [1.54, 1.807) is 48.5 Å². The van der Waals surface area contributed by atoms with Gasteiger partial charge in [0.2, 0.25) is 5.91 Å². The van der Waals surface area contributed by atoms with Crippen molar-refractivity contribution < 1.29 is 19.1 Å². The summed E-state index contributed by atoms with van der Waals surface area (Å²) in [6.45, 7) is 0.404. The van der Waals surface area contributed by atoms with Gasteiger partial charge in [0.05, 0.1) is 13.7 Å². The molecule has 136 valence electrons. The average molecular weight is 355 g/mol. The summed E-state index contributed by atoms with van der Waals surface area (Å²) in [5.41, 5.74) is 0.969. The largest absolute Gasteiger partial charge is 0.497 e. The molecule has 3 N–H and O–H groups in total. The lowest BCUT2D eigenvalue weighted by Gasteiger charge is -2.09. The van der Waals surface area contributed by atoms with E-state index in [-0.39, 0.29) is 37.4 Å². The SMILES string of the molecule is COc1cccc(C(=O)NCCNC(=O)CNC(=O)c2ccccc2)c1. The van der Waals surface area contributed by atoms with E-state index >= 15 is 0 Å². The van der Waals surface area contributed by atoms with Gasteiger partial charge in [0.15, 0.2) is 0 Å². The molecular formula is C19H21N3O4. The summed E-state index contributed by atoms with van der Waals surface area (Å²) in [5.74, 6) is -0.298. The molecule has 0 atom stereocenters. The summed E-state index contributed by atoms with van der Waals surface area (Å²) >= 11 is 0. The van der Waals surface area contributed by atoms with Gasteiger partial charge in [-0.1, -0.05) is 24.3 Å². The van der Waals surface area contributed by atoms with Crippen molar-refractivity contribution in [1.29, 1.82) is 0 Å². The van der Waals surface area contributed by atoms with Crippen LogP contribution in [0.5, 0.6) is 5.75 Å². The van der Waals surface area contributed by atoms with Gasteiger partial charge in [0.1, 0.15) is 5.75 Å². The van der Waals surface area contributed by atoms with Gasteiger partial charge in [0, 0.05) is 24.2 Å². The summed E-state index contributed by atoms with van der Waals surface area (Å²) in [4.78, 5) is 35.5. The predicted molar refractivity (Wildman–Crippen MR) is 97.1 cm³/mol. The second kappa shape index (κ2) is 9.83. The zero-order chi connectivity index (χ0) is 18.8. The van der Waals surface area contributed by atoms with Crippen molar-refractivity contribution in [2.75, 3.05) is 26.7 Å². The molecule has 0 aromatic heterocycles. The van der Waals surface area contributed by atoms with Gasteiger partial charge in [-0.3, -0.25) is 14.4 Å². The molecule has 7 heteroatoms. The molecular weight excluding hydrogens is 334 g/mol. The molecule has 0 bridgehead atoms. The molecule has 0 fully saturated rings. The van der Waals surface area contributed by atoms with E-state index < -0.39 is 0 Å². The van der Waals surface area contributed by atoms with Crippen LogP contribution in [0.25, 0.3) is 0 Å². The molecule has 0 heterocycles. The fraction of sp³-hybridized carbons (Fsp3) is 0.211. The maximum absolute atomic E-state index is 12.0. The van der Waals surface area contributed by atoms with Gasteiger partial charge in [-0.25, -0.2) is 0 Å². The first-order chi connectivity index (χ1) is 12.6. The van der Waals surface area contributed by atoms with Crippen LogP contribution in [0.4, 0.5) is 0 Å². The lowest BCUT2D eigenvalue weighted by molar-refractivity contribution is -0.120. The number of amides is 3. The van der Waals surface area contributed by atoms with Gasteiger partial charge in [0.25, 0.3) is 11.8 Å². The minimum Gasteiger partial charge on any atom is -0.497 e. The van der Waals surface area contributed by atoms with E-state index in [0.29, 0.717) is 16.9 Å². The Balaban J connectivity index is 1.65. The minimum absolute atomic E-state index is 0.127. The highest BCUT2D eigenvalue weighted by molar-refractivity contribution is 5.96. The Kier molecular flexibility index (Phi) is 7.17. The lowest BCUT2D eigenvalue weighted by atomic mass is 10.2. The zero-order valence-corrected chi connectivity index (χ0v) is 14.5. The Bertz CT molecular complexity index is 762. The normalized spacial score (nSPS) is 9.88. The van der Waals surface area contributed by atoms with Crippen molar-refractivity contribution in [1.82, 2.24) is 16.0 Å². The maximum Gasteiger partial charge on any atom is 0.251 e. The van der Waals surface area contributed by atoms with Crippen LogP contribution in [0.2, 0.25) is 0 Å². The molecule has 0 aliphatic carbocycles. The molecule has 0 saturated carbocycles. The minimum atomic E-state index is -0.329. The van der Waals surface area contributed by atoms with Crippen molar-refractivity contribution in [3.63, 3.8) is 0 Å². The summed E-state index contributed by atoms with van der Waals surface area (Å²) in [6, 6.07) is 15.4. The standard InChI is InChI=1S/C19H21N3O4/c1-26-16-9-5-8-15(12-16)19(25)21-11-10-20-17(23)13-22-18(24)14-6-3-2-4-7-14/h2-9,12H,10-11,13H2,1H3,(H,20,23)(H,21,25)(H,22,24). The number of ether oxygens (including phenoxy) is 1. The lowest BCUT2D eigenvalue weighted by Crippen LogP contribution is -2.40. The van der Waals surface area contributed by atoms with Gasteiger partial charge in [-0.15, -0.1) is 0 Å². The number of nitrogens with one attached hydrogen (secondary N) is 3. The monoisotopic (exact) mass is 355 g/mol. The third kappa shape index (κ3) is 5.94. The number of hydrogen-bond acceptors (Lipinski definition) is 4. The fourth-order valence-electron chi connectivity index (χ4n) is 2.16. The van der Waals surface area contributed by atoms with Crippen LogP contribution in [0.1, 0.15) is 20.7 Å². The Morgan fingerprint density at radius 3 is 2.19 bits per heavy atom. The van der Waals surface area contributed by atoms with Crippen molar-refractivity contribution in [2.45, 2.75) is 0 Å². The molecule has 2 rings (SSSR count). The van der Waals surface area contributed by atoms with E-state index in [1.165, 1.54) is 7.11 Å². The Hall–Kier alpha value is -3.35. The highest BCUT2D eigenvalue weighted by Crippen LogP contribution is 2.12. The predicted octanol–water partition coefficient (Wildman–Crippen LogP) is 0.971. The molecule has 26 heavy (non-hydrogen) atoms. The van der Waals surface area contributed by atoms with Crippen molar-refractivity contribution in [3.05, 3.63) is 65.7 Å². The molecule has 2 aromatic carbocycles. The fourth-order valence-corrected chi connectivity index (χ4v) is 2.16. The van der Waals surface area contributed by atoms with Crippen LogP contribution >= 0.6 is 0 Å². The molecule has 0 unspecified atom stereocenters. The van der Waals surface area contributed by atoms with Crippen LogP contribution in [-0.2, 0) is 4.79 Å². The first-order valence-corrected chi connectivity index (χ1v) is 8.12. The topological polar surface area (TPSA) is 96.5 Å². The highest BCUT2D eigenvalue weighted by atomic mass is 16.5. The first-order valence-electron chi connectivity index (χ1n) is 8.12. The van der Waals surface area contributed by atoms with Crippen molar-refractivity contribution in [2.24, 2.45) is 0 Å². The molecule has 0 aliphatic heterocycles. The van der Waals surface area contributed by atoms with Gasteiger partial charge in [-0.05, 0) is 30.3 Å². The smallest absolute Gasteiger partial charge is 0.251 e. The summed E-state index contributed by atoms with van der Waals surface area (Å²) in [5, 5.41) is 7.86. The summed E-state index contributed by atoms with van der Waals surface area (Å²) < 4.78 is 5.07. The Labute approximate surface area is 151 Å². The maximum atomic E-state index is 12.0. The van der Waals surface area contributed by atoms with Crippen LogP contribution in [-0.4, -0.2) is 44.5 Å². The highest BCUT2D eigenvalue weighted by Gasteiger charge is 2.08. The summed E-state index contributed by atoms with van der Waals surface area (Å²) in [6.07, 6.45) is 0. The van der Waals surface area contributed by atoms with Crippen LogP contribution in [0.3, 0.4) is 0 Å². The van der Waals surface area contributed by atoms with Gasteiger partial charge in [-0.2, -0.15) is 0 Å². The van der Waals surface area contributed by atoms with Crippen molar-refractivity contribution in [3.8, 4) is 5.75 Å². The van der Waals surface area contributed by atoms with E-state index in [9.17, 15) is 14.4 Å². The number of hydrogen-bond donors (Lipinski definition) is 3. The van der Waals surface area contributed by atoms with E-state index in [2.05, 4.69) is 16.0 Å². The second-order valence-electron chi connectivity index (χ2n) is 5.39. The van der Waals surface area contributed by atoms with E-state index in [0.717, 1.165) is 0 Å². The molecule has 0 saturated heterocycles. The van der Waals surface area contributed by atoms with Gasteiger partial charge < -0.3 is 20.7 Å². The molecule has 2 aromatic rings. The molecule has 0 spiro atoms. The summed E-state index contributed by atoms with van der Waals surface area (Å²) in [7, 11) is 1.53. The molecule has 0 aliphatic rings. The van der Waals surface area contributed by atoms with E-state index in [1.807, 2.05) is 6.07 Å². The first kappa shape index (κ1) is 19.0. The quantitative estimate of drug-likeness (QED) is 0.615. The third-order valence-corrected chi connectivity index (χ3v) is 3.51. The Morgan fingerprint density at radius 2 is 1.46 bits per heavy atom. The molecule has 3 amide bonds. The number of carbonyl (C=O) groups excluding carboxylic acids is 3. The number of carbonyl (C=O) groups is 3. The number of rotatable bonds is 8. The average Bonchev–Trinajstić information content (AvgIpc) is 2.69. The van der Waals surface area contributed by atoms with Crippen LogP contribution < -0.4 is 20.7 Å². The molecule has 7 nitrogen and oxygen atoms in total. The zero-order valence-electron chi connectivity index (χ0n) is 14.5. The van der Waals surface area contributed by atoms with Crippen LogP contribution in [0, 0.1) is 0 Å². The molecule has 0 radical (unpaired) electrons. The number of methoxy groups -OCH3 is 1. The Morgan fingerprint density at radius 1 is 0.808 bits per heavy atom.